The van der Waals surface area contributed by atoms with Crippen LogP contribution in [-0.2, 0) is 19.7 Å². The number of ether oxygens (including phenoxy) is 1. The van der Waals surface area contributed by atoms with Crippen molar-refractivity contribution in [3.63, 3.8) is 0 Å². The minimum atomic E-state index is 0. The lowest BCUT2D eigenvalue weighted by Crippen LogP contribution is -2.52. The molecule has 4 rings (SSSR count). The molecule has 1 saturated heterocycles. The van der Waals surface area contributed by atoms with E-state index in [4.69, 9.17) is 9.26 Å². The van der Waals surface area contributed by atoms with E-state index in [1.165, 1.54) is 0 Å². The number of piperazine rings is 1. The van der Waals surface area contributed by atoms with Gasteiger partial charge in [-0.3, -0.25) is 9.89 Å². The smallest absolute Gasteiger partial charge is 0.213 e. The number of hydrogen-bond donors (Lipinski definition) is 1. The van der Waals surface area contributed by atoms with Gasteiger partial charge in [-0.25, -0.2) is 4.98 Å². The van der Waals surface area contributed by atoms with E-state index < -0.39 is 0 Å². The van der Waals surface area contributed by atoms with Gasteiger partial charge in [-0.05, 0) is 17.2 Å². The van der Waals surface area contributed by atoms with Crippen molar-refractivity contribution in [1.82, 2.24) is 25.3 Å². The summed E-state index contributed by atoms with van der Waals surface area (Å²) in [4.78, 5) is 13.4. The summed E-state index contributed by atoms with van der Waals surface area (Å²) in [6.07, 6.45) is 3.40. The summed E-state index contributed by atoms with van der Waals surface area (Å²) in [6.45, 7) is 5.74. The number of nitrogens with zero attached hydrogens (tertiary/aromatic N) is 5. The predicted octanol–water partition coefficient (Wildman–Crippen LogP) is 3.16. The number of rotatable bonds is 7. The van der Waals surface area contributed by atoms with Gasteiger partial charge in [-0.1, -0.05) is 35.5 Å². The number of aliphatic imine (C=N–C) groups is 1. The average molecular weight is 548 g/mol. The van der Waals surface area contributed by atoms with Gasteiger partial charge in [0.05, 0.1) is 5.69 Å². The van der Waals surface area contributed by atoms with Crippen LogP contribution in [0.15, 0.2) is 70.5 Å². The first-order chi connectivity index (χ1) is 15.3. The SMILES string of the molecule is CN=C(NCc1ccnc(OCc2ccccc2)c1)N1CCN(Cc2ccon2)CC1.I. The number of aromatic nitrogens is 2. The van der Waals surface area contributed by atoms with Gasteiger partial charge >= 0.3 is 0 Å². The van der Waals surface area contributed by atoms with Gasteiger partial charge in [0.15, 0.2) is 5.96 Å². The molecule has 0 aliphatic carbocycles. The molecule has 170 valence electrons. The Balaban J connectivity index is 0.00000289. The van der Waals surface area contributed by atoms with Gasteiger partial charge in [-0.2, -0.15) is 0 Å². The third kappa shape index (κ3) is 6.92. The van der Waals surface area contributed by atoms with Crippen LogP contribution in [0.3, 0.4) is 0 Å². The van der Waals surface area contributed by atoms with Crippen LogP contribution in [-0.4, -0.2) is 59.1 Å². The minimum Gasteiger partial charge on any atom is -0.473 e. The third-order valence-electron chi connectivity index (χ3n) is 5.24. The second-order valence-corrected chi connectivity index (χ2v) is 7.43. The first kappa shape index (κ1) is 24.0. The van der Waals surface area contributed by atoms with Crippen LogP contribution >= 0.6 is 24.0 Å². The molecule has 0 amide bonds. The fourth-order valence-corrected chi connectivity index (χ4v) is 3.55. The number of pyridine rings is 1. The molecule has 1 aromatic carbocycles. The Morgan fingerprint density at radius 1 is 1.09 bits per heavy atom. The summed E-state index contributed by atoms with van der Waals surface area (Å²) in [5, 5.41) is 7.46. The maximum atomic E-state index is 5.84. The van der Waals surface area contributed by atoms with Crippen molar-refractivity contribution in [2.75, 3.05) is 33.2 Å². The number of nitrogens with one attached hydrogen (secondary N) is 1. The Kier molecular flexibility index (Phi) is 9.29. The molecule has 32 heavy (non-hydrogen) atoms. The van der Waals surface area contributed by atoms with E-state index in [9.17, 15) is 0 Å². The Hall–Kier alpha value is -2.66. The highest BCUT2D eigenvalue weighted by molar-refractivity contribution is 14.0. The van der Waals surface area contributed by atoms with Crippen molar-refractivity contribution < 1.29 is 9.26 Å². The molecule has 2 aromatic heterocycles. The van der Waals surface area contributed by atoms with Gasteiger partial charge in [0, 0.05) is 64.6 Å². The molecule has 0 bridgehead atoms. The van der Waals surface area contributed by atoms with E-state index in [0.717, 1.165) is 55.5 Å². The monoisotopic (exact) mass is 548 g/mol. The summed E-state index contributed by atoms with van der Waals surface area (Å²) in [7, 11) is 1.82. The fourth-order valence-electron chi connectivity index (χ4n) is 3.55. The molecule has 0 unspecified atom stereocenters. The number of hydrogen-bond acceptors (Lipinski definition) is 6. The van der Waals surface area contributed by atoms with Crippen LogP contribution < -0.4 is 10.1 Å². The minimum absolute atomic E-state index is 0. The third-order valence-corrected chi connectivity index (χ3v) is 5.24. The van der Waals surface area contributed by atoms with E-state index in [0.29, 0.717) is 19.0 Å². The van der Waals surface area contributed by atoms with Gasteiger partial charge < -0.3 is 19.5 Å². The van der Waals surface area contributed by atoms with Crippen LogP contribution in [0.25, 0.3) is 0 Å². The molecule has 1 aliphatic rings. The van der Waals surface area contributed by atoms with Crippen LogP contribution in [0.4, 0.5) is 0 Å². The second-order valence-electron chi connectivity index (χ2n) is 7.43. The molecule has 0 saturated carbocycles. The van der Waals surface area contributed by atoms with E-state index in [2.05, 4.69) is 30.2 Å². The Bertz CT molecular complexity index is 960. The molecule has 0 spiro atoms. The Labute approximate surface area is 205 Å². The van der Waals surface area contributed by atoms with E-state index in [1.807, 2.05) is 55.6 Å². The molecule has 1 aliphatic heterocycles. The van der Waals surface area contributed by atoms with Gasteiger partial charge in [0.1, 0.15) is 12.9 Å². The van der Waals surface area contributed by atoms with Crippen molar-refractivity contribution in [1.29, 1.82) is 0 Å². The van der Waals surface area contributed by atoms with E-state index >= 15 is 0 Å². The van der Waals surface area contributed by atoms with Gasteiger partial charge in [0.2, 0.25) is 5.88 Å². The zero-order valence-corrected chi connectivity index (χ0v) is 20.5. The zero-order chi connectivity index (χ0) is 21.3. The molecule has 1 fully saturated rings. The quantitative estimate of drug-likeness (QED) is 0.276. The highest BCUT2D eigenvalue weighted by Gasteiger charge is 2.20. The first-order valence-corrected chi connectivity index (χ1v) is 10.5. The van der Waals surface area contributed by atoms with Gasteiger partial charge in [0.25, 0.3) is 0 Å². The molecular weight excluding hydrogens is 519 g/mol. The summed E-state index contributed by atoms with van der Waals surface area (Å²) in [5.74, 6) is 1.53. The highest BCUT2D eigenvalue weighted by atomic mass is 127. The topological polar surface area (TPSA) is 79.0 Å². The number of benzene rings is 1. The van der Waals surface area contributed by atoms with Crippen molar-refractivity contribution >= 4 is 29.9 Å². The number of guanidine groups is 1. The van der Waals surface area contributed by atoms with Crippen LogP contribution in [0.2, 0.25) is 0 Å². The lowest BCUT2D eigenvalue weighted by molar-refractivity contribution is 0.169. The molecule has 9 heteroatoms. The molecule has 0 atom stereocenters. The summed E-state index contributed by atoms with van der Waals surface area (Å²) >= 11 is 0. The zero-order valence-electron chi connectivity index (χ0n) is 18.2. The molecule has 3 aromatic rings. The van der Waals surface area contributed by atoms with Crippen LogP contribution in [0, 0.1) is 0 Å². The van der Waals surface area contributed by atoms with Crippen molar-refractivity contribution in [3.8, 4) is 5.88 Å². The van der Waals surface area contributed by atoms with Crippen molar-refractivity contribution in [3.05, 3.63) is 77.8 Å². The maximum Gasteiger partial charge on any atom is 0.213 e. The fraction of sp³-hybridized carbons (Fsp3) is 0.348. The first-order valence-electron chi connectivity index (χ1n) is 10.5. The van der Waals surface area contributed by atoms with Crippen LogP contribution in [0.5, 0.6) is 5.88 Å². The van der Waals surface area contributed by atoms with E-state index in [-0.39, 0.29) is 24.0 Å². The maximum absolute atomic E-state index is 5.84. The van der Waals surface area contributed by atoms with E-state index in [1.54, 1.807) is 12.5 Å². The lowest BCUT2D eigenvalue weighted by Gasteiger charge is -2.36. The molecule has 0 radical (unpaired) electrons. The average Bonchev–Trinajstić information content (AvgIpc) is 3.33. The highest BCUT2D eigenvalue weighted by Crippen LogP contribution is 2.12. The van der Waals surface area contributed by atoms with Crippen molar-refractivity contribution in [2.45, 2.75) is 19.7 Å². The Morgan fingerprint density at radius 2 is 1.91 bits per heavy atom. The standard InChI is InChI=1S/C23H28N6O2.HI/c1-24-23(29-12-10-28(11-13-29)17-21-8-14-31-27-21)26-16-20-7-9-25-22(15-20)30-18-19-5-3-2-4-6-19;/h2-9,14-15H,10-13,16-18H2,1H3,(H,24,26);1H. The Morgan fingerprint density at radius 3 is 2.62 bits per heavy atom. The largest absolute Gasteiger partial charge is 0.473 e. The van der Waals surface area contributed by atoms with Crippen molar-refractivity contribution in [2.24, 2.45) is 4.99 Å². The molecular formula is C23H29IN6O2. The van der Waals surface area contributed by atoms with Crippen LogP contribution in [0.1, 0.15) is 16.8 Å². The normalized spacial score (nSPS) is 14.7. The molecule has 8 nitrogen and oxygen atoms in total. The molecule has 1 N–H and O–H groups in total. The molecule has 3 heterocycles. The van der Waals surface area contributed by atoms with Gasteiger partial charge in [-0.15, -0.1) is 24.0 Å². The second kappa shape index (κ2) is 12.4. The lowest BCUT2D eigenvalue weighted by atomic mass is 10.2. The summed E-state index contributed by atoms with van der Waals surface area (Å²) in [5.41, 5.74) is 3.19. The summed E-state index contributed by atoms with van der Waals surface area (Å²) < 4.78 is 10.8. The summed E-state index contributed by atoms with van der Waals surface area (Å²) in [6, 6.07) is 16.0. The predicted molar refractivity (Wildman–Crippen MR) is 134 cm³/mol. The number of halogens is 1.